The minimum atomic E-state index is -0.0320. The van der Waals surface area contributed by atoms with Crippen molar-refractivity contribution in [3.63, 3.8) is 0 Å². The summed E-state index contributed by atoms with van der Waals surface area (Å²) in [5.74, 6) is 2.52. The molecule has 1 atom stereocenters. The Morgan fingerprint density at radius 2 is 1.70 bits per heavy atom. The molecule has 1 amide bonds. The predicted molar refractivity (Wildman–Crippen MR) is 117 cm³/mol. The van der Waals surface area contributed by atoms with Crippen LogP contribution >= 0.6 is 0 Å². The predicted octanol–water partition coefficient (Wildman–Crippen LogP) is 4.09. The number of methoxy groups -OCH3 is 1. The molecule has 160 valence electrons. The molecule has 4 rings (SSSR count). The molecule has 0 bridgehead atoms. The number of benzene rings is 2. The lowest BCUT2D eigenvalue weighted by molar-refractivity contribution is -0.119. The Morgan fingerprint density at radius 3 is 2.30 bits per heavy atom. The Kier molecular flexibility index (Phi) is 6.02. The zero-order valence-electron chi connectivity index (χ0n) is 17.9. The quantitative estimate of drug-likeness (QED) is 0.710. The summed E-state index contributed by atoms with van der Waals surface area (Å²) in [4.78, 5) is 13.5. The lowest BCUT2D eigenvalue weighted by Crippen LogP contribution is -2.54. The van der Waals surface area contributed by atoms with Gasteiger partial charge < -0.3 is 24.4 Å². The van der Waals surface area contributed by atoms with Crippen LogP contribution in [0.1, 0.15) is 44.7 Å². The molecule has 1 heterocycles. The molecule has 6 heteroatoms. The molecule has 1 N–H and O–H groups in total. The number of carbonyl (C=O) groups excluding carboxylic acids is 1. The van der Waals surface area contributed by atoms with Gasteiger partial charge in [0.1, 0.15) is 23.4 Å². The fourth-order valence-corrected chi connectivity index (χ4v) is 3.80. The summed E-state index contributed by atoms with van der Waals surface area (Å²) in [6.45, 7) is 5.11. The van der Waals surface area contributed by atoms with Crippen LogP contribution in [0.25, 0.3) is 0 Å². The van der Waals surface area contributed by atoms with Crippen molar-refractivity contribution in [3.8, 4) is 17.2 Å². The van der Waals surface area contributed by atoms with Crippen LogP contribution < -0.4 is 24.4 Å². The third-order valence-electron chi connectivity index (χ3n) is 5.80. The summed E-state index contributed by atoms with van der Waals surface area (Å²) in [5, 5.41) is 2.89. The molecule has 2 aromatic carbocycles. The number of rotatable bonds is 8. The van der Waals surface area contributed by atoms with E-state index in [4.69, 9.17) is 14.2 Å². The van der Waals surface area contributed by atoms with E-state index in [-0.39, 0.29) is 18.1 Å². The number of carbonyl (C=O) groups is 1. The first-order valence-corrected chi connectivity index (χ1v) is 10.6. The number of nitrogens with zero attached hydrogens (tertiary/aromatic N) is 1. The molecule has 1 aliphatic heterocycles. The lowest BCUT2D eigenvalue weighted by Gasteiger charge is -2.41. The number of anilines is 1. The van der Waals surface area contributed by atoms with E-state index in [0.717, 1.165) is 54.4 Å². The first-order valence-electron chi connectivity index (χ1n) is 10.6. The number of ether oxygens (including phenoxy) is 3. The Balaban J connectivity index is 1.31. The maximum Gasteiger partial charge on any atom is 0.217 e. The zero-order chi connectivity index (χ0) is 21.1. The van der Waals surface area contributed by atoms with Crippen molar-refractivity contribution in [2.45, 2.75) is 51.4 Å². The Labute approximate surface area is 178 Å². The molecule has 0 unspecified atom stereocenters. The third-order valence-corrected chi connectivity index (χ3v) is 5.80. The molecule has 2 aromatic rings. The fraction of sp³-hybridized carbons (Fsp3) is 0.458. The van der Waals surface area contributed by atoms with Crippen molar-refractivity contribution in [2.75, 3.05) is 25.1 Å². The Bertz CT molecular complexity index is 873. The van der Waals surface area contributed by atoms with Crippen LogP contribution in [0.5, 0.6) is 17.2 Å². The molecule has 0 aromatic heterocycles. The number of hydrogen-bond donors (Lipinski definition) is 1. The highest BCUT2D eigenvalue weighted by molar-refractivity contribution is 5.73. The van der Waals surface area contributed by atoms with Gasteiger partial charge >= 0.3 is 0 Å². The summed E-state index contributed by atoms with van der Waals surface area (Å²) in [6, 6.07) is 14.0. The Hall–Kier alpha value is -2.89. The molecule has 0 radical (unpaired) electrons. The molecule has 1 aliphatic carbocycles. The van der Waals surface area contributed by atoms with Gasteiger partial charge in [0, 0.05) is 13.0 Å². The number of nitrogens with one attached hydrogen (secondary N) is 1. The number of hydrogen-bond acceptors (Lipinski definition) is 5. The average molecular weight is 411 g/mol. The highest BCUT2D eigenvalue weighted by Crippen LogP contribution is 2.37. The van der Waals surface area contributed by atoms with E-state index in [0.29, 0.717) is 6.10 Å². The Morgan fingerprint density at radius 1 is 1.03 bits per heavy atom. The van der Waals surface area contributed by atoms with Gasteiger partial charge in [0.05, 0.1) is 38.0 Å². The fourth-order valence-electron chi connectivity index (χ4n) is 3.80. The largest absolute Gasteiger partial charge is 0.494 e. The maximum absolute atomic E-state index is 11.2. The van der Waals surface area contributed by atoms with Gasteiger partial charge in [0.2, 0.25) is 5.91 Å². The van der Waals surface area contributed by atoms with Crippen LogP contribution in [0.4, 0.5) is 5.69 Å². The second-order valence-electron chi connectivity index (χ2n) is 8.14. The molecule has 6 nitrogen and oxygen atoms in total. The van der Waals surface area contributed by atoms with E-state index >= 15 is 0 Å². The summed E-state index contributed by atoms with van der Waals surface area (Å²) in [7, 11) is 1.70. The van der Waals surface area contributed by atoms with Gasteiger partial charge in [0.15, 0.2) is 0 Å². The zero-order valence-corrected chi connectivity index (χ0v) is 17.9. The first kappa shape index (κ1) is 20.4. The monoisotopic (exact) mass is 410 g/mol. The van der Waals surface area contributed by atoms with E-state index in [1.54, 1.807) is 7.11 Å². The van der Waals surface area contributed by atoms with Crippen LogP contribution in [-0.4, -0.2) is 38.3 Å². The second kappa shape index (κ2) is 8.86. The minimum Gasteiger partial charge on any atom is -0.494 e. The molecule has 1 saturated carbocycles. The molecular weight excluding hydrogens is 380 g/mol. The SMILES string of the molecule is COc1cc(OC2CCC2)ccc1N1CC(Oc2ccc([C@H](C)NC(C)=O)cc2)C1. The molecule has 1 saturated heterocycles. The van der Waals surface area contributed by atoms with E-state index in [1.807, 2.05) is 43.3 Å². The second-order valence-corrected chi connectivity index (χ2v) is 8.14. The standard InChI is InChI=1S/C24H30N2O4/c1-16(25-17(2)27)18-7-9-20(10-8-18)30-22-14-26(15-22)23-12-11-21(13-24(23)28-3)29-19-5-4-6-19/h7-13,16,19,22H,4-6,14-15H2,1-3H3,(H,25,27)/t16-/m0/s1. The minimum absolute atomic E-state index is 0.0144. The van der Waals surface area contributed by atoms with Gasteiger partial charge in [-0.3, -0.25) is 4.79 Å². The molecule has 0 spiro atoms. The van der Waals surface area contributed by atoms with Gasteiger partial charge in [0.25, 0.3) is 0 Å². The maximum atomic E-state index is 11.2. The molecule has 2 aliphatic rings. The van der Waals surface area contributed by atoms with E-state index in [1.165, 1.54) is 13.3 Å². The topological polar surface area (TPSA) is 60.0 Å². The molecule has 30 heavy (non-hydrogen) atoms. The van der Waals surface area contributed by atoms with Crippen LogP contribution in [0, 0.1) is 0 Å². The van der Waals surface area contributed by atoms with Crippen LogP contribution in [0.3, 0.4) is 0 Å². The normalized spacial score (nSPS) is 17.5. The van der Waals surface area contributed by atoms with Gasteiger partial charge in [-0.05, 0) is 56.0 Å². The van der Waals surface area contributed by atoms with Crippen LogP contribution in [0.15, 0.2) is 42.5 Å². The number of amides is 1. The molecular formula is C24H30N2O4. The van der Waals surface area contributed by atoms with Crippen molar-refractivity contribution >= 4 is 11.6 Å². The molecule has 2 fully saturated rings. The van der Waals surface area contributed by atoms with E-state index in [2.05, 4.69) is 16.3 Å². The lowest BCUT2D eigenvalue weighted by atomic mass is 9.96. The van der Waals surface area contributed by atoms with Gasteiger partial charge in [-0.25, -0.2) is 0 Å². The van der Waals surface area contributed by atoms with Crippen molar-refractivity contribution in [3.05, 3.63) is 48.0 Å². The van der Waals surface area contributed by atoms with Crippen molar-refractivity contribution in [2.24, 2.45) is 0 Å². The van der Waals surface area contributed by atoms with Crippen molar-refractivity contribution < 1.29 is 19.0 Å². The highest BCUT2D eigenvalue weighted by atomic mass is 16.5. The van der Waals surface area contributed by atoms with Gasteiger partial charge in [-0.2, -0.15) is 0 Å². The summed E-state index contributed by atoms with van der Waals surface area (Å²) < 4.78 is 17.7. The smallest absolute Gasteiger partial charge is 0.217 e. The summed E-state index contributed by atoms with van der Waals surface area (Å²) in [6.07, 6.45) is 4.03. The van der Waals surface area contributed by atoms with Crippen LogP contribution in [0.2, 0.25) is 0 Å². The van der Waals surface area contributed by atoms with Gasteiger partial charge in [-0.1, -0.05) is 12.1 Å². The summed E-state index contributed by atoms with van der Waals surface area (Å²) >= 11 is 0. The first-order chi connectivity index (χ1) is 14.5. The van der Waals surface area contributed by atoms with E-state index < -0.39 is 0 Å². The average Bonchev–Trinajstić information content (AvgIpc) is 2.67. The van der Waals surface area contributed by atoms with Crippen molar-refractivity contribution in [1.82, 2.24) is 5.32 Å². The van der Waals surface area contributed by atoms with Gasteiger partial charge in [-0.15, -0.1) is 0 Å². The van der Waals surface area contributed by atoms with E-state index in [9.17, 15) is 4.79 Å². The van der Waals surface area contributed by atoms with Crippen LogP contribution in [-0.2, 0) is 4.79 Å². The van der Waals surface area contributed by atoms with Crippen molar-refractivity contribution in [1.29, 1.82) is 0 Å². The third kappa shape index (κ3) is 4.64. The summed E-state index contributed by atoms with van der Waals surface area (Å²) in [5.41, 5.74) is 2.12. The highest BCUT2D eigenvalue weighted by Gasteiger charge is 2.31.